The van der Waals surface area contributed by atoms with Crippen LogP contribution in [0.2, 0.25) is 0 Å². The van der Waals surface area contributed by atoms with Gasteiger partial charge in [0, 0.05) is 6.20 Å². The van der Waals surface area contributed by atoms with Gasteiger partial charge in [0.15, 0.2) is 0 Å². The van der Waals surface area contributed by atoms with E-state index in [-0.39, 0.29) is 24.9 Å². The molecule has 0 spiro atoms. The van der Waals surface area contributed by atoms with Gasteiger partial charge in [0.2, 0.25) is 0 Å². The van der Waals surface area contributed by atoms with E-state index in [4.69, 9.17) is 14.0 Å². The molecule has 1 aliphatic heterocycles. The molecule has 0 radical (unpaired) electrons. The predicted molar refractivity (Wildman–Crippen MR) is 88.5 cm³/mol. The molecule has 1 saturated heterocycles. The summed E-state index contributed by atoms with van der Waals surface area (Å²) in [6.07, 6.45) is 3.01. The molecule has 0 bridgehead atoms. The fraction of sp³-hybridized carbons (Fsp3) is 0.625. The van der Waals surface area contributed by atoms with Crippen LogP contribution in [0.15, 0.2) is 24.4 Å². The van der Waals surface area contributed by atoms with E-state index < -0.39 is 20.2 Å². The van der Waals surface area contributed by atoms with Crippen LogP contribution >= 0.6 is 8.18 Å². The lowest BCUT2D eigenvalue weighted by molar-refractivity contribution is -0.149. The number of hydrogen-bond donors (Lipinski definition) is 1. The Morgan fingerprint density at radius 3 is 2.88 bits per heavy atom. The predicted octanol–water partition coefficient (Wildman–Crippen LogP) is 2.91. The maximum atomic E-state index is 11.9. The molecule has 0 saturated carbocycles. The summed E-state index contributed by atoms with van der Waals surface area (Å²) in [5.74, 6) is -0.454. The molecule has 0 aromatic carbocycles. The molecule has 24 heavy (non-hydrogen) atoms. The van der Waals surface area contributed by atoms with Crippen molar-refractivity contribution >= 4 is 14.1 Å². The van der Waals surface area contributed by atoms with Crippen LogP contribution in [-0.2, 0) is 23.4 Å². The number of rotatable bonds is 8. The Labute approximate surface area is 143 Å². The van der Waals surface area contributed by atoms with Crippen molar-refractivity contribution in [2.45, 2.75) is 58.0 Å². The number of carbonyl (C=O) groups is 1. The van der Waals surface area contributed by atoms with Gasteiger partial charge in [-0.05, 0) is 50.3 Å². The van der Waals surface area contributed by atoms with Crippen LogP contribution in [0.3, 0.4) is 0 Å². The first-order chi connectivity index (χ1) is 11.5. The Hall–Kier alpha value is -1.40. The number of nitrogens with one attached hydrogen (secondary N) is 1. The lowest BCUT2D eigenvalue weighted by atomic mass is 10.1. The normalized spacial score (nSPS) is 22.4. The topological polar surface area (TPSA) is 86.8 Å². The summed E-state index contributed by atoms with van der Waals surface area (Å²) in [4.78, 5) is 15.9. The summed E-state index contributed by atoms with van der Waals surface area (Å²) in [6, 6.07) is 5.02. The van der Waals surface area contributed by atoms with Crippen molar-refractivity contribution in [3.05, 3.63) is 30.1 Å². The van der Waals surface area contributed by atoms with Crippen molar-refractivity contribution in [2.75, 3.05) is 6.61 Å². The van der Waals surface area contributed by atoms with E-state index in [1.54, 1.807) is 27.0 Å². The van der Waals surface area contributed by atoms with Crippen molar-refractivity contribution in [1.82, 2.24) is 10.1 Å². The maximum Gasteiger partial charge on any atom is 0.613 e. The Morgan fingerprint density at radius 2 is 2.21 bits per heavy atom. The molecule has 7 nitrogen and oxygen atoms in total. The third kappa shape index (κ3) is 5.91. The molecule has 1 aromatic heterocycles. The molecule has 8 heteroatoms. The van der Waals surface area contributed by atoms with Crippen LogP contribution in [0.4, 0.5) is 0 Å². The highest BCUT2D eigenvalue weighted by molar-refractivity contribution is 7.36. The number of nitrogens with zero attached hydrogens (tertiary/aromatic N) is 1. The molecule has 2 heterocycles. The molecule has 1 aliphatic rings. The maximum absolute atomic E-state index is 11.9. The second-order valence-electron chi connectivity index (χ2n) is 5.97. The number of hydrogen-bond acceptors (Lipinski definition) is 6. The third-order valence-corrected chi connectivity index (χ3v) is 4.49. The minimum Gasteiger partial charge on any atom is -0.462 e. The first kappa shape index (κ1) is 18.9. The molecule has 132 valence electrons. The molecule has 0 amide bonds. The van der Waals surface area contributed by atoms with Crippen LogP contribution < -0.4 is 5.09 Å². The van der Waals surface area contributed by atoms with Gasteiger partial charge in [0.1, 0.15) is 12.6 Å². The van der Waals surface area contributed by atoms with Gasteiger partial charge in [-0.2, -0.15) is 0 Å². The Kier molecular flexibility index (Phi) is 7.24. The monoisotopic (exact) mass is 355 g/mol. The van der Waals surface area contributed by atoms with Crippen molar-refractivity contribution in [3.8, 4) is 0 Å². The fourth-order valence-corrected chi connectivity index (χ4v) is 3.14. The highest BCUT2D eigenvalue weighted by Crippen LogP contribution is 2.32. The van der Waals surface area contributed by atoms with Crippen LogP contribution in [0.5, 0.6) is 0 Å². The highest BCUT2D eigenvalue weighted by atomic mass is 31.1. The molecule has 1 fully saturated rings. The van der Waals surface area contributed by atoms with Crippen LogP contribution in [0.1, 0.15) is 45.4 Å². The second-order valence-corrected chi connectivity index (χ2v) is 7.00. The van der Waals surface area contributed by atoms with Crippen molar-refractivity contribution in [1.29, 1.82) is 0 Å². The minimum absolute atomic E-state index is 0.0504. The van der Waals surface area contributed by atoms with Crippen molar-refractivity contribution in [2.24, 2.45) is 0 Å². The van der Waals surface area contributed by atoms with Gasteiger partial charge in [0.25, 0.3) is 0 Å². The molecular weight excluding hydrogens is 331 g/mol. The summed E-state index contributed by atoms with van der Waals surface area (Å²) in [7, 11) is -2.16. The summed E-state index contributed by atoms with van der Waals surface area (Å²) in [6.45, 7) is 5.31. The van der Waals surface area contributed by atoms with E-state index in [1.165, 1.54) is 0 Å². The average molecular weight is 355 g/mol. The molecular formula is C16H24N2O5P+. The van der Waals surface area contributed by atoms with Crippen molar-refractivity contribution in [3.63, 3.8) is 0 Å². The smallest absolute Gasteiger partial charge is 0.462 e. The second kappa shape index (κ2) is 9.18. The molecule has 2 rings (SSSR count). The first-order valence-electron chi connectivity index (χ1n) is 8.09. The summed E-state index contributed by atoms with van der Waals surface area (Å²) >= 11 is 0. The molecule has 1 aromatic rings. The highest BCUT2D eigenvalue weighted by Gasteiger charge is 2.32. The van der Waals surface area contributed by atoms with Gasteiger partial charge in [0.05, 0.1) is 24.0 Å². The van der Waals surface area contributed by atoms with Gasteiger partial charge in [-0.25, -0.2) is 0 Å². The number of ether oxygens (including phenoxy) is 2. The lowest BCUT2D eigenvalue weighted by Crippen LogP contribution is -2.33. The number of aromatic nitrogens is 1. The summed E-state index contributed by atoms with van der Waals surface area (Å²) in [5, 5.41) is 2.60. The van der Waals surface area contributed by atoms with E-state index in [0.29, 0.717) is 0 Å². The van der Waals surface area contributed by atoms with Gasteiger partial charge >= 0.3 is 14.1 Å². The quantitative estimate of drug-likeness (QED) is 0.567. The first-order valence-corrected chi connectivity index (χ1v) is 9.26. The molecule has 2 unspecified atom stereocenters. The fourth-order valence-electron chi connectivity index (χ4n) is 2.35. The average Bonchev–Trinajstić information content (AvgIpc) is 3.02. The molecule has 4 atom stereocenters. The Balaban J connectivity index is 1.70. The zero-order valence-corrected chi connectivity index (χ0v) is 15.1. The third-order valence-electron chi connectivity index (χ3n) is 3.51. The summed E-state index contributed by atoms with van der Waals surface area (Å²) < 4.78 is 28.1. The summed E-state index contributed by atoms with van der Waals surface area (Å²) in [5.41, 5.74) is 0.896. The molecule has 1 N–H and O–H groups in total. The zero-order chi connectivity index (χ0) is 17.5. The van der Waals surface area contributed by atoms with Crippen molar-refractivity contribution < 1.29 is 23.4 Å². The van der Waals surface area contributed by atoms with Crippen LogP contribution in [-0.4, -0.2) is 35.8 Å². The van der Waals surface area contributed by atoms with E-state index >= 15 is 0 Å². The van der Waals surface area contributed by atoms with Gasteiger partial charge < -0.3 is 9.47 Å². The van der Waals surface area contributed by atoms with Gasteiger partial charge in [-0.1, -0.05) is 11.2 Å². The van der Waals surface area contributed by atoms with E-state index in [0.717, 1.165) is 18.5 Å². The number of esters is 1. The van der Waals surface area contributed by atoms with Gasteiger partial charge in [-0.15, -0.1) is 4.52 Å². The van der Waals surface area contributed by atoms with Gasteiger partial charge in [-0.3, -0.25) is 9.78 Å². The van der Waals surface area contributed by atoms with E-state index in [2.05, 4.69) is 10.1 Å². The number of pyridine rings is 1. The van der Waals surface area contributed by atoms with E-state index in [1.807, 2.05) is 18.2 Å². The van der Waals surface area contributed by atoms with E-state index in [9.17, 15) is 9.36 Å². The van der Waals surface area contributed by atoms with Crippen LogP contribution in [0, 0.1) is 0 Å². The lowest BCUT2D eigenvalue weighted by Gasteiger charge is -2.12. The zero-order valence-electron chi connectivity index (χ0n) is 14.2. The molecule has 0 aliphatic carbocycles. The van der Waals surface area contributed by atoms with Crippen LogP contribution in [0.25, 0.3) is 0 Å². The standard InChI is InChI=1S/C16H24N2O5P/c1-11(2)22-16(19)12(3)18-24(20)21-10-13-7-8-15(23-13)14-6-4-5-9-17-14/h4-6,9,11-13,15H,7-8,10H2,1-3H3,(H,18,20)/q+1/t12-,13?,15-/m1/s1. The Morgan fingerprint density at radius 1 is 1.42 bits per heavy atom. The number of carbonyl (C=O) groups excluding carboxylic acids is 1. The Bertz CT molecular complexity index is 555. The SMILES string of the molecule is CC(C)OC(=O)[C@@H](C)N[P+](=O)OCC1CC[C@H](c2ccccn2)O1. The largest absolute Gasteiger partial charge is 0.613 e. The minimum atomic E-state index is -2.16.